The fraction of sp³-hybridized carbons (Fsp3) is 0.667. The number of nitrogens with one attached hydrogen (secondary N) is 1. The first kappa shape index (κ1) is 21.7. The Morgan fingerprint density at radius 1 is 1.32 bits per heavy atom. The zero-order valence-corrected chi connectivity index (χ0v) is 18.3. The first-order chi connectivity index (χ1) is 11.2. The van der Waals surface area contributed by atoms with Crippen LogP contribution in [0.1, 0.15) is 58.0 Å². The summed E-state index contributed by atoms with van der Waals surface area (Å²) in [6, 6.07) is 3.58. The number of hydrogen-bond acceptors (Lipinski definition) is 5. The molecule has 1 amide bonds. The Morgan fingerprint density at radius 2 is 1.92 bits per heavy atom. The molecule has 0 radical (unpaired) electrons. The third-order valence-corrected chi connectivity index (χ3v) is 9.75. The predicted octanol–water partition coefficient (Wildman–Crippen LogP) is 5.21. The molecule has 0 aliphatic rings. The van der Waals surface area contributed by atoms with Gasteiger partial charge in [-0.15, -0.1) is 11.3 Å². The van der Waals surface area contributed by atoms with Crippen molar-refractivity contribution < 1.29 is 14.0 Å². The lowest BCUT2D eigenvalue weighted by atomic mass is 10.2. The van der Waals surface area contributed by atoms with Crippen LogP contribution in [0.15, 0.2) is 11.4 Å². The summed E-state index contributed by atoms with van der Waals surface area (Å²) < 4.78 is 11.6. The van der Waals surface area contributed by atoms with Crippen molar-refractivity contribution in [3.8, 4) is 6.07 Å². The SMILES string of the molecule is CC(C)(C)OC(=O)N[C@H](CO[Si](C)(C)C(C)(C)C)c1cc(C#N)cs1. The third-order valence-electron chi connectivity index (χ3n) is 4.20. The average Bonchev–Trinajstić information content (AvgIpc) is 2.88. The minimum atomic E-state index is -1.95. The maximum Gasteiger partial charge on any atom is 0.408 e. The molecule has 0 aliphatic heterocycles. The van der Waals surface area contributed by atoms with Gasteiger partial charge in [0, 0.05) is 10.3 Å². The molecular weight excluding hydrogens is 352 g/mol. The Labute approximate surface area is 156 Å². The van der Waals surface area contributed by atoms with Gasteiger partial charge in [0.2, 0.25) is 0 Å². The summed E-state index contributed by atoms with van der Waals surface area (Å²) in [6.45, 7) is 16.7. The van der Waals surface area contributed by atoms with Crippen LogP contribution < -0.4 is 5.32 Å². The highest BCUT2D eigenvalue weighted by Gasteiger charge is 2.38. The summed E-state index contributed by atoms with van der Waals surface area (Å²) in [5.41, 5.74) is 0.0191. The second kappa shape index (κ2) is 7.90. The van der Waals surface area contributed by atoms with Gasteiger partial charge in [-0.1, -0.05) is 20.8 Å². The minimum absolute atomic E-state index is 0.0801. The first-order valence-corrected chi connectivity index (χ1v) is 12.2. The lowest BCUT2D eigenvalue weighted by Gasteiger charge is -2.37. The summed E-state index contributed by atoms with van der Waals surface area (Å²) in [7, 11) is -1.95. The predicted molar refractivity (Wildman–Crippen MR) is 104 cm³/mol. The van der Waals surface area contributed by atoms with Crippen LogP contribution in [0.3, 0.4) is 0 Å². The van der Waals surface area contributed by atoms with Crippen molar-refractivity contribution in [3.63, 3.8) is 0 Å². The molecule has 0 saturated carbocycles. The molecule has 1 N–H and O–H groups in total. The normalized spacial score (nSPS) is 13.9. The van der Waals surface area contributed by atoms with Crippen LogP contribution in [0.5, 0.6) is 0 Å². The van der Waals surface area contributed by atoms with E-state index >= 15 is 0 Å². The molecule has 25 heavy (non-hydrogen) atoms. The molecule has 0 bridgehead atoms. The smallest absolute Gasteiger partial charge is 0.408 e. The number of carbonyl (C=O) groups is 1. The van der Waals surface area contributed by atoms with E-state index in [9.17, 15) is 4.79 Å². The Bertz CT molecular complexity index is 636. The Hall–Kier alpha value is -1.36. The molecule has 0 spiro atoms. The number of amides is 1. The van der Waals surface area contributed by atoms with Gasteiger partial charge >= 0.3 is 6.09 Å². The molecule has 7 heteroatoms. The number of nitrogens with zero attached hydrogens (tertiary/aromatic N) is 1. The summed E-state index contributed by atoms with van der Waals surface area (Å²) in [4.78, 5) is 13.1. The second-order valence-electron chi connectivity index (χ2n) is 8.62. The number of rotatable bonds is 5. The van der Waals surface area contributed by atoms with Gasteiger partial charge in [0.25, 0.3) is 0 Å². The molecule has 5 nitrogen and oxygen atoms in total. The van der Waals surface area contributed by atoms with E-state index in [2.05, 4.69) is 45.3 Å². The molecule has 1 atom stereocenters. The van der Waals surface area contributed by atoms with Crippen LogP contribution in [-0.2, 0) is 9.16 Å². The van der Waals surface area contributed by atoms with E-state index in [1.54, 1.807) is 11.4 Å². The van der Waals surface area contributed by atoms with Crippen molar-refractivity contribution in [2.75, 3.05) is 6.61 Å². The summed E-state index contributed by atoms with van der Waals surface area (Å²) >= 11 is 1.44. The molecule has 1 rings (SSSR count). The quantitative estimate of drug-likeness (QED) is 0.710. The largest absolute Gasteiger partial charge is 0.444 e. The maximum absolute atomic E-state index is 12.2. The average molecular weight is 383 g/mol. The van der Waals surface area contributed by atoms with E-state index in [1.165, 1.54) is 11.3 Å². The first-order valence-electron chi connectivity index (χ1n) is 8.37. The molecular formula is C18H30N2O3SSi. The van der Waals surface area contributed by atoms with E-state index < -0.39 is 20.0 Å². The number of hydrogen-bond donors (Lipinski definition) is 1. The van der Waals surface area contributed by atoms with E-state index in [0.29, 0.717) is 12.2 Å². The van der Waals surface area contributed by atoms with Gasteiger partial charge in [0.1, 0.15) is 11.7 Å². The molecule has 1 aromatic rings. The fourth-order valence-corrected chi connectivity index (χ4v) is 3.63. The monoisotopic (exact) mass is 382 g/mol. The lowest BCUT2D eigenvalue weighted by Crippen LogP contribution is -2.44. The summed E-state index contributed by atoms with van der Waals surface area (Å²) in [5.74, 6) is 0. The Kier molecular flexibility index (Phi) is 6.85. The van der Waals surface area contributed by atoms with E-state index in [0.717, 1.165) is 4.88 Å². The van der Waals surface area contributed by atoms with Crippen LogP contribution in [0, 0.1) is 11.3 Å². The Balaban J connectivity index is 2.93. The van der Waals surface area contributed by atoms with Gasteiger partial charge in [-0.25, -0.2) is 4.79 Å². The number of alkyl carbamates (subject to hydrolysis) is 1. The highest BCUT2D eigenvalue weighted by atomic mass is 32.1. The van der Waals surface area contributed by atoms with Gasteiger partial charge in [-0.3, -0.25) is 0 Å². The molecule has 0 aliphatic carbocycles. The summed E-state index contributed by atoms with van der Waals surface area (Å²) in [6.07, 6.45) is -0.483. The zero-order chi connectivity index (χ0) is 19.5. The molecule has 140 valence electrons. The zero-order valence-electron chi connectivity index (χ0n) is 16.5. The van der Waals surface area contributed by atoms with Crippen LogP contribution >= 0.6 is 11.3 Å². The van der Waals surface area contributed by atoms with Crippen molar-refractivity contribution in [2.45, 2.75) is 71.3 Å². The van der Waals surface area contributed by atoms with Crippen LogP contribution in [0.4, 0.5) is 4.79 Å². The number of ether oxygens (including phenoxy) is 1. The van der Waals surface area contributed by atoms with Crippen LogP contribution in [0.25, 0.3) is 0 Å². The van der Waals surface area contributed by atoms with Crippen LogP contribution in [0.2, 0.25) is 18.1 Å². The van der Waals surface area contributed by atoms with Crippen molar-refractivity contribution >= 4 is 25.7 Å². The molecule has 0 unspecified atom stereocenters. The highest BCUT2D eigenvalue weighted by Crippen LogP contribution is 2.37. The molecule has 0 aromatic carbocycles. The Morgan fingerprint density at radius 3 is 2.36 bits per heavy atom. The van der Waals surface area contributed by atoms with Gasteiger partial charge in [0.05, 0.1) is 18.2 Å². The number of thiophene rings is 1. The minimum Gasteiger partial charge on any atom is -0.444 e. The van der Waals surface area contributed by atoms with Crippen molar-refractivity contribution in [2.24, 2.45) is 0 Å². The van der Waals surface area contributed by atoms with Crippen LogP contribution in [-0.4, -0.2) is 26.6 Å². The summed E-state index contributed by atoms with van der Waals surface area (Å²) in [5, 5.41) is 13.8. The van der Waals surface area contributed by atoms with Gasteiger partial charge < -0.3 is 14.5 Å². The molecule has 0 saturated heterocycles. The van der Waals surface area contributed by atoms with Crippen molar-refractivity contribution in [1.29, 1.82) is 5.26 Å². The van der Waals surface area contributed by atoms with Gasteiger partial charge in [-0.05, 0) is 45.0 Å². The number of nitriles is 1. The third kappa shape index (κ3) is 6.81. The topological polar surface area (TPSA) is 71.3 Å². The molecule has 1 aromatic heterocycles. The van der Waals surface area contributed by atoms with E-state index in [-0.39, 0.29) is 11.1 Å². The highest BCUT2D eigenvalue weighted by molar-refractivity contribution is 7.10. The van der Waals surface area contributed by atoms with Crippen molar-refractivity contribution in [1.82, 2.24) is 5.32 Å². The van der Waals surface area contributed by atoms with Gasteiger partial charge in [0.15, 0.2) is 8.32 Å². The van der Waals surface area contributed by atoms with E-state index in [4.69, 9.17) is 14.4 Å². The van der Waals surface area contributed by atoms with E-state index in [1.807, 2.05) is 20.8 Å². The van der Waals surface area contributed by atoms with Crippen molar-refractivity contribution in [3.05, 3.63) is 21.9 Å². The standard InChI is InChI=1S/C18H30N2O3SSi/c1-17(2,3)23-16(21)20-14(15-9-13(10-19)12-24-15)11-22-25(7,8)18(4,5)6/h9,12,14H,11H2,1-8H3,(H,20,21)/t14-/m1/s1. The number of carbonyl (C=O) groups excluding carboxylic acids is 1. The lowest BCUT2D eigenvalue weighted by molar-refractivity contribution is 0.0485. The maximum atomic E-state index is 12.2. The molecule has 0 fully saturated rings. The molecule has 1 heterocycles. The van der Waals surface area contributed by atoms with Gasteiger partial charge in [-0.2, -0.15) is 5.26 Å². The fourth-order valence-electron chi connectivity index (χ4n) is 1.75. The second-order valence-corrected chi connectivity index (χ2v) is 14.4.